The summed E-state index contributed by atoms with van der Waals surface area (Å²) in [6.45, 7) is 2.46. The van der Waals surface area contributed by atoms with E-state index in [2.05, 4.69) is 19.1 Å². The summed E-state index contributed by atoms with van der Waals surface area (Å²) < 4.78 is 0. The molecule has 0 radical (unpaired) electrons. The molecule has 1 atom stereocenters. The first-order valence-electron chi connectivity index (χ1n) is 11.2. The van der Waals surface area contributed by atoms with Gasteiger partial charge >= 0.3 is 0 Å². The van der Waals surface area contributed by atoms with Gasteiger partial charge in [0, 0.05) is 13.0 Å². The van der Waals surface area contributed by atoms with Gasteiger partial charge in [-0.1, -0.05) is 83.3 Å². The van der Waals surface area contributed by atoms with Gasteiger partial charge in [-0.05, 0) is 44.4 Å². The highest BCUT2D eigenvalue weighted by molar-refractivity contribution is 5.73. The van der Waals surface area contributed by atoms with E-state index < -0.39 is 0 Å². The summed E-state index contributed by atoms with van der Waals surface area (Å²) >= 11 is 0. The number of aliphatic hydroxyl groups excluding tert-OH is 1. The molecule has 154 valence electrons. The van der Waals surface area contributed by atoms with Gasteiger partial charge in [-0.3, -0.25) is 4.79 Å². The second-order valence-corrected chi connectivity index (χ2v) is 7.94. The molecule has 0 aromatic rings. The number of hydrogen-bond acceptors (Lipinski definition) is 2. The number of rotatable bonds is 20. The first-order chi connectivity index (χ1) is 12.7. The fourth-order valence-corrected chi connectivity index (χ4v) is 3.23. The number of hydrogen-bond donors (Lipinski definition) is 2. The highest BCUT2D eigenvalue weighted by atomic mass is 16.3. The van der Waals surface area contributed by atoms with Crippen LogP contribution in [0.1, 0.15) is 116 Å². The lowest BCUT2D eigenvalue weighted by Gasteiger charge is -2.06. The van der Waals surface area contributed by atoms with Gasteiger partial charge in [-0.2, -0.15) is 0 Å². The van der Waals surface area contributed by atoms with Gasteiger partial charge in [0.1, 0.15) is 0 Å². The minimum Gasteiger partial charge on any atom is -0.396 e. The lowest BCUT2D eigenvalue weighted by Crippen LogP contribution is -2.09. The zero-order valence-electron chi connectivity index (χ0n) is 17.4. The maximum Gasteiger partial charge on any atom is 0.217 e. The van der Waals surface area contributed by atoms with Crippen molar-refractivity contribution >= 4 is 5.91 Å². The molecule has 0 aliphatic heterocycles. The van der Waals surface area contributed by atoms with E-state index in [9.17, 15) is 4.79 Å². The molecule has 3 nitrogen and oxygen atoms in total. The summed E-state index contributed by atoms with van der Waals surface area (Å²) in [5.41, 5.74) is 5.13. The van der Waals surface area contributed by atoms with Crippen molar-refractivity contribution in [2.75, 3.05) is 6.61 Å². The molecule has 1 amide bonds. The predicted octanol–water partition coefficient (Wildman–Crippen LogP) is 6.29. The Morgan fingerprint density at radius 3 is 1.65 bits per heavy atom. The van der Waals surface area contributed by atoms with E-state index in [1.54, 1.807) is 0 Å². The van der Waals surface area contributed by atoms with Crippen LogP contribution in [0.5, 0.6) is 0 Å². The Kier molecular flexibility index (Phi) is 19.8. The summed E-state index contributed by atoms with van der Waals surface area (Å²) in [6, 6.07) is 0. The molecule has 0 saturated carbocycles. The molecule has 3 heteroatoms. The number of unbranched alkanes of at least 4 members (excludes halogenated alkanes) is 13. The van der Waals surface area contributed by atoms with Crippen LogP contribution >= 0.6 is 0 Å². The first kappa shape index (κ1) is 25.2. The molecule has 0 aromatic carbocycles. The monoisotopic (exact) mass is 367 g/mol. The standard InChI is InChI=1S/C23H45NO2/c1-22(21-25)19-17-15-13-11-9-7-5-3-2-4-6-8-10-12-14-16-18-20-23(24)26/h2-3,22,25H,4-21H2,1H3,(H2,24,26)/b3-2-. The molecule has 0 saturated heterocycles. The largest absolute Gasteiger partial charge is 0.396 e. The Labute approximate surface area is 162 Å². The van der Waals surface area contributed by atoms with E-state index in [1.807, 2.05) is 0 Å². The highest BCUT2D eigenvalue weighted by Crippen LogP contribution is 2.13. The molecule has 0 fully saturated rings. The Morgan fingerprint density at radius 2 is 1.19 bits per heavy atom. The van der Waals surface area contributed by atoms with Crippen molar-refractivity contribution in [2.45, 2.75) is 116 Å². The SMILES string of the molecule is CC(CO)CCCCCCCC/C=C\CCCCCCCCCC(N)=O. The number of carbonyl (C=O) groups excluding carboxylic acids is 1. The van der Waals surface area contributed by atoms with Crippen LogP contribution in [0.3, 0.4) is 0 Å². The van der Waals surface area contributed by atoms with E-state index in [4.69, 9.17) is 10.8 Å². The molecule has 0 aliphatic carbocycles. The van der Waals surface area contributed by atoms with Crippen LogP contribution in [0.25, 0.3) is 0 Å². The van der Waals surface area contributed by atoms with E-state index in [0.29, 0.717) is 18.9 Å². The second-order valence-electron chi connectivity index (χ2n) is 7.94. The fourth-order valence-electron chi connectivity index (χ4n) is 3.23. The Bertz CT molecular complexity index is 328. The summed E-state index contributed by atoms with van der Waals surface area (Å²) in [5.74, 6) is 0.314. The lowest BCUT2D eigenvalue weighted by atomic mass is 10.0. The van der Waals surface area contributed by atoms with Gasteiger partial charge in [-0.25, -0.2) is 0 Å². The molecular formula is C23H45NO2. The van der Waals surface area contributed by atoms with Crippen LogP contribution in [-0.4, -0.2) is 17.6 Å². The zero-order chi connectivity index (χ0) is 19.3. The van der Waals surface area contributed by atoms with Crippen LogP contribution in [0, 0.1) is 5.92 Å². The fraction of sp³-hybridized carbons (Fsp3) is 0.870. The van der Waals surface area contributed by atoms with Gasteiger partial charge in [0.2, 0.25) is 5.91 Å². The number of aliphatic hydroxyl groups is 1. The van der Waals surface area contributed by atoms with Crippen LogP contribution in [0.2, 0.25) is 0 Å². The van der Waals surface area contributed by atoms with Crippen molar-refractivity contribution in [3.63, 3.8) is 0 Å². The summed E-state index contributed by atoms with van der Waals surface area (Å²) in [5, 5.41) is 8.97. The van der Waals surface area contributed by atoms with Crippen molar-refractivity contribution < 1.29 is 9.90 Å². The molecule has 1 unspecified atom stereocenters. The van der Waals surface area contributed by atoms with Crippen LogP contribution in [0.4, 0.5) is 0 Å². The van der Waals surface area contributed by atoms with Gasteiger partial charge in [-0.15, -0.1) is 0 Å². The average molecular weight is 368 g/mol. The van der Waals surface area contributed by atoms with Crippen molar-refractivity contribution in [2.24, 2.45) is 11.7 Å². The minimum atomic E-state index is -0.166. The number of allylic oxidation sites excluding steroid dienone is 2. The summed E-state index contributed by atoms with van der Waals surface area (Å²) in [7, 11) is 0. The Morgan fingerprint density at radius 1 is 0.769 bits per heavy atom. The van der Waals surface area contributed by atoms with Crippen LogP contribution in [-0.2, 0) is 4.79 Å². The molecule has 3 N–H and O–H groups in total. The smallest absolute Gasteiger partial charge is 0.217 e. The Hall–Kier alpha value is -0.830. The average Bonchev–Trinajstić information content (AvgIpc) is 2.63. The number of carbonyl (C=O) groups is 1. The molecule has 26 heavy (non-hydrogen) atoms. The third-order valence-corrected chi connectivity index (χ3v) is 5.09. The second kappa shape index (κ2) is 20.5. The molecule has 0 rings (SSSR count). The van der Waals surface area contributed by atoms with Crippen molar-refractivity contribution in [3.05, 3.63) is 12.2 Å². The molecular weight excluding hydrogens is 322 g/mol. The van der Waals surface area contributed by atoms with E-state index in [-0.39, 0.29) is 5.91 Å². The van der Waals surface area contributed by atoms with Crippen molar-refractivity contribution in [3.8, 4) is 0 Å². The van der Waals surface area contributed by atoms with Crippen molar-refractivity contribution in [1.29, 1.82) is 0 Å². The number of nitrogens with two attached hydrogens (primary N) is 1. The van der Waals surface area contributed by atoms with Gasteiger partial charge in [0.15, 0.2) is 0 Å². The van der Waals surface area contributed by atoms with Crippen molar-refractivity contribution in [1.82, 2.24) is 0 Å². The summed E-state index contributed by atoms with van der Waals surface area (Å²) in [4.78, 5) is 10.6. The summed E-state index contributed by atoms with van der Waals surface area (Å²) in [6.07, 6.45) is 25.5. The minimum absolute atomic E-state index is 0.166. The molecule has 0 bridgehead atoms. The molecule has 0 spiro atoms. The van der Waals surface area contributed by atoms with E-state index in [1.165, 1.54) is 89.9 Å². The highest BCUT2D eigenvalue weighted by Gasteiger charge is 1.99. The normalized spacial score (nSPS) is 12.7. The number of primary amides is 1. The van der Waals surface area contributed by atoms with E-state index >= 15 is 0 Å². The molecule has 0 aliphatic rings. The van der Waals surface area contributed by atoms with Crippen LogP contribution in [0.15, 0.2) is 12.2 Å². The lowest BCUT2D eigenvalue weighted by molar-refractivity contribution is -0.118. The van der Waals surface area contributed by atoms with Crippen LogP contribution < -0.4 is 5.73 Å². The topological polar surface area (TPSA) is 63.3 Å². The third-order valence-electron chi connectivity index (χ3n) is 5.09. The number of amides is 1. The van der Waals surface area contributed by atoms with Gasteiger partial charge in [0.05, 0.1) is 0 Å². The zero-order valence-corrected chi connectivity index (χ0v) is 17.4. The van der Waals surface area contributed by atoms with E-state index in [0.717, 1.165) is 12.8 Å². The third kappa shape index (κ3) is 21.2. The quantitative estimate of drug-likeness (QED) is 0.196. The molecule has 0 heterocycles. The first-order valence-corrected chi connectivity index (χ1v) is 11.2. The van der Waals surface area contributed by atoms with Gasteiger partial charge < -0.3 is 10.8 Å². The Balaban J connectivity index is 3.12. The van der Waals surface area contributed by atoms with Gasteiger partial charge in [0.25, 0.3) is 0 Å². The molecule has 0 aromatic heterocycles. The maximum absolute atomic E-state index is 10.6. The maximum atomic E-state index is 10.6. The predicted molar refractivity (Wildman–Crippen MR) is 113 cm³/mol.